The van der Waals surface area contributed by atoms with Crippen molar-refractivity contribution in [2.75, 3.05) is 40.3 Å². The summed E-state index contributed by atoms with van der Waals surface area (Å²) in [5.74, 6) is -0.671. The van der Waals surface area contributed by atoms with Crippen LogP contribution in [-0.2, 0) is 15.0 Å². The molecule has 0 aromatic rings. The number of carboxylic acids is 1. The van der Waals surface area contributed by atoms with Gasteiger partial charge in [0.15, 0.2) is 0 Å². The van der Waals surface area contributed by atoms with Crippen molar-refractivity contribution in [1.82, 2.24) is 13.9 Å². The smallest absolute Gasteiger partial charge is 0.304 e. The van der Waals surface area contributed by atoms with Crippen LogP contribution in [0.4, 0.5) is 0 Å². The molecule has 19 heavy (non-hydrogen) atoms. The molecule has 0 aromatic heterocycles. The van der Waals surface area contributed by atoms with Crippen molar-refractivity contribution in [2.24, 2.45) is 5.92 Å². The first-order chi connectivity index (χ1) is 8.87. The minimum absolute atomic E-state index is 0.00482. The molecule has 0 amide bonds. The molecular formula is C11H23N3O4S. The van der Waals surface area contributed by atoms with Crippen LogP contribution in [0, 0.1) is 5.92 Å². The summed E-state index contributed by atoms with van der Waals surface area (Å²) in [5.41, 5.74) is 0. The maximum atomic E-state index is 12.3. The Kier molecular flexibility index (Phi) is 6.18. The summed E-state index contributed by atoms with van der Waals surface area (Å²) >= 11 is 0. The molecule has 1 atom stereocenters. The zero-order valence-electron chi connectivity index (χ0n) is 11.5. The first-order valence-corrected chi connectivity index (χ1v) is 7.85. The average Bonchev–Trinajstić information content (AvgIpc) is 2.36. The molecule has 0 spiro atoms. The van der Waals surface area contributed by atoms with Crippen LogP contribution in [-0.4, -0.2) is 68.4 Å². The van der Waals surface area contributed by atoms with Crippen molar-refractivity contribution in [1.29, 1.82) is 0 Å². The molecule has 112 valence electrons. The maximum Gasteiger partial charge on any atom is 0.304 e. The lowest BCUT2D eigenvalue weighted by Gasteiger charge is -2.34. The maximum absolute atomic E-state index is 12.3. The number of piperidine rings is 1. The summed E-state index contributed by atoms with van der Waals surface area (Å²) in [5, 5.41) is 11.7. The van der Waals surface area contributed by atoms with Gasteiger partial charge in [-0.25, -0.2) is 0 Å². The Bertz CT molecular complexity index is 397. The monoisotopic (exact) mass is 293 g/mol. The molecule has 1 saturated heterocycles. The molecule has 1 fully saturated rings. The molecule has 0 aromatic carbocycles. The molecule has 1 aliphatic heterocycles. The van der Waals surface area contributed by atoms with Crippen molar-refractivity contribution < 1.29 is 18.3 Å². The summed E-state index contributed by atoms with van der Waals surface area (Å²) in [6.07, 6.45) is 1.69. The van der Waals surface area contributed by atoms with E-state index < -0.39 is 16.2 Å². The third-order valence-electron chi connectivity index (χ3n) is 3.34. The standard InChI is InChI=1S/C11H23N3O4S/c1-12-8-10-4-3-6-14(9-10)19(17,18)13(2)7-5-11(15)16/h10,12H,3-9H2,1-2H3,(H,15,16). The second kappa shape index (κ2) is 7.18. The lowest BCUT2D eigenvalue weighted by molar-refractivity contribution is -0.137. The van der Waals surface area contributed by atoms with Gasteiger partial charge in [-0.3, -0.25) is 4.79 Å². The summed E-state index contributed by atoms with van der Waals surface area (Å²) in [4.78, 5) is 10.5. The molecule has 0 bridgehead atoms. The molecule has 1 rings (SSSR count). The van der Waals surface area contributed by atoms with Crippen LogP contribution in [0.3, 0.4) is 0 Å². The highest BCUT2D eigenvalue weighted by atomic mass is 32.2. The highest BCUT2D eigenvalue weighted by Gasteiger charge is 2.31. The van der Waals surface area contributed by atoms with E-state index in [-0.39, 0.29) is 13.0 Å². The fourth-order valence-corrected chi connectivity index (χ4v) is 3.73. The van der Waals surface area contributed by atoms with Crippen LogP contribution in [0.25, 0.3) is 0 Å². The van der Waals surface area contributed by atoms with E-state index in [0.717, 1.165) is 23.7 Å². The first-order valence-electron chi connectivity index (χ1n) is 6.45. The lowest BCUT2D eigenvalue weighted by Crippen LogP contribution is -2.48. The SMILES string of the molecule is CNCC1CCCN(S(=O)(=O)N(C)CCC(=O)O)C1. The van der Waals surface area contributed by atoms with E-state index in [1.165, 1.54) is 11.4 Å². The van der Waals surface area contributed by atoms with Gasteiger partial charge in [-0.15, -0.1) is 0 Å². The molecule has 1 aliphatic rings. The van der Waals surface area contributed by atoms with E-state index in [1.807, 2.05) is 7.05 Å². The van der Waals surface area contributed by atoms with Crippen molar-refractivity contribution in [3.63, 3.8) is 0 Å². The highest BCUT2D eigenvalue weighted by molar-refractivity contribution is 7.86. The summed E-state index contributed by atoms with van der Waals surface area (Å²) in [7, 11) is -0.249. The van der Waals surface area contributed by atoms with Gasteiger partial charge in [-0.05, 0) is 32.4 Å². The fraction of sp³-hybridized carbons (Fsp3) is 0.909. The largest absolute Gasteiger partial charge is 0.481 e. The third-order valence-corrected chi connectivity index (χ3v) is 5.29. The van der Waals surface area contributed by atoms with Gasteiger partial charge in [0.25, 0.3) is 10.2 Å². The van der Waals surface area contributed by atoms with E-state index in [0.29, 0.717) is 19.0 Å². The molecule has 0 radical (unpaired) electrons. The Morgan fingerprint density at radius 2 is 2.21 bits per heavy atom. The van der Waals surface area contributed by atoms with Crippen LogP contribution in [0.5, 0.6) is 0 Å². The summed E-state index contributed by atoms with van der Waals surface area (Å²) < 4.78 is 27.2. The molecule has 1 heterocycles. The molecule has 1 unspecified atom stereocenters. The van der Waals surface area contributed by atoms with Gasteiger partial charge in [-0.2, -0.15) is 17.0 Å². The quantitative estimate of drug-likeness (QED) is 0.665. The zero-order valence-corrected chi connectivity index (χ0v) is 12.3. The number of rotatable bonds is 7. The van der Waals surface area contributed by atoms with Gasteiger partial charge in [0.05, 0.1) is 6.42 Å². The lowest BCUT2D eigenvalue weighted by atomic mass is 10.00. The Hall–Kier alpha value is -0.700. The van der Waals surface area contributed by atoms with E-state index in [2.05, 4.69) is 5.32 Å². The molecule has 8 heteroatoms. The topological polar surface area (TPSA) is 90.0 Å². The predicted octanol–water partition coefficient (Wildman–Crippen LogP) is -0.431. The third kappa shape index (κ3) is 4.72. The Labute approximate surface area is 114 Å². The molecule has 0 saturated carbocycles. The highest BCUT2D eigenvalue weighted by Crippen LogP contribution is 2.20. The first kappa shape index (κ1) is 16.4. The van der Waals surface area contributed by atoms with Crippen LogP contribution in [0.15, 0.2) is 0 Å². The van der Waals surface area contributed by atoms with Gasteiger partial charge in [-0.1, -0.05) is 0 Å². The van der Waals surface area contributed by atoms with Crippen molar-refractivity contribution >= 4 is 16.2 Å². The second-order valence-electron chi connectivity index (χ2n) is 4.90. The predicted molar refractivity (Wildman–Crippen MR) is 72.0 cm³/mol. The molecule has 2 N–H and O–H groups in total. The number of nitrogens with one attached hydrogen (secondary N) is 1. The molecule has 7 nitrogen and oxygen atoms in total. The number of hydrogen-bond donors (Lipinski definition) is 2. The van der Waals surface area contributed by atoms with Crippen molar-refractivity contribution in [3.8, 4) is 0 Å². The van der Waals surface area contributed by atoms with Gasteiger partial charge in [0.2, 0.25) is 0 Å². The molecule has 0 aliphatic carbocycles. The summed E-state index contributed by atoms with van der Waals surface area (Å²) in [6.45, 7) is 1.82. The summed E-state index contributed by atoms with van der Waals surface area (Å²) in [6, 6.07) is 0. The molecular weight excluding hydrogens is 270 g/mol. The van der Waals surface area contributed by atoms with Gasteiger partial charge in [0.1, 0.15) is 0 Å². The number of carboxylic acid groups (broad SMARTS) is 1. The van der Waals surface area contributed by atoms with Crippen molar-refractivity contribution in [2.45, 2.75) is 19.3 Å². The van der Waals surface area contributed by atoms with E-state index in [1.54, 1.807) is 0 Å². The van der Waals surface area contributed by atoms with Gasteiger partial charge >= 0.3 is 5.97 Å². The van der Waals surface area contributed by atoms with Crippen molar-refractivity contribution in [3.05, 3.63) is 0 Å². The Morgan fingerprint density at radius 1 is 1.53 bits per heavy atom. The van der Waals surface area contributed by atoms with Gasteiger partial charge < -0.3 is 10.4 Å². The second-order valence-corrected chi connectivity index (χ2v) is 6.93. The number of carbonyl (C=O) groups is 1. The fourth-order valence-electron chi connectivity index (χ4n) is 2.26. The average molecular weight is 293 g/mol. The normalized spacial score (nSPS) is 21.7. The Morgan fingerprint density at radius 3 is 2.79 bits per heavy atom. The van der Waals surface area contributed by atoms with Crippen LogP contribution >= 0.6 is 0 Å². The number of hydrogen-bond acceptors (Lipinski definition) is 4. The minimum Gasteiger partial charge on any atom is -0.481 e. The van der Waals surface area contributed by atoms with Crippen LogP contribution in [0.1, 0.15) is 19.3 Å². The zero-order chi connectivity index (χ0) is 14.5. The Balaban J connectivity index is 2.62. The van der Waals surface area contributed by atoms with E-state index >= 15 is 0 Å². The van der Waals surface area contributed by atoms with Gasteiger partial charge in [0, 0.05) is 26.7 Å². The number of aliphatic carboxylic acids is 1. The number of nitrogens with zero attached hydrogens (tertiary/aromatic N) is 2. The van der Waals surface area contributed by atoms with E-state index in [4.69, 9.17) is 5.11 Å². The van der Waals surface area contributed by atoms with Crippen LogP contribution < -0.4 is 5.32 Å². The van der Waals surface area contributed by atoms with E-state index in [9.17, 15) is 13.2 Å². The van der Waals surface area contributed by atoms with Crippen LogP contribution in [0.2, 0.25) is 0 Å². The minimum atomic E-state index is -3.53.